The van der Waals surface area contributed by atoms with E-state index in [1.54, 1.807) is 13.1 Å². The predicted octanol–water partition coefficient (Wildman–Crippen LogP) is 3.87. The van der Waals surface area contributed by atoms with Crippen LogP contribution < -0.4 is 15.5 Å². The maximum atomic E-state index is 11.4. The zero-order chi connectivity index (χ0) is 21.3. The van der Waals surface area contributed by atoms with E-state index in [9.17, 15) is 4.79 Å². The Bertz CT molecular complexity index is 1090. The molecule has 1 unspecified atom stereocenters. The smallest absolute Gasteiger partial charge is 0.217 e. The number of hydrogen-bond donors (Lipinski definition) is 2. The highest BCUT2D eigenvalue weighted by Gasteiger charge is 2.24. The lowest BCUT2D eigenvalue weighted by atomic mass is 10.1. The molecule has 8 heteroatoms. The number of carbonyl (C=O) groups is 1. The molecule has 1 aliphatic heterocycles. The van der Waals surface area contributed by atoms with E-state index in [1.165, 1.54) is 0 Å². The molecule has 0 saturated carbocycles. The Balaban J connectivity index is 1.63. The lowest BCUT2D eigenvalue weighted by Crippen LogP contribution is -2.35. The van der Waals surface area contributed by atoms with Crippen molar-refractivity contribution in [1.82, 2.24) is 20.3 Å². The molecule has 0 bridgehead atoms. The molecule has 1 aromatic carbocycles. The second kappa shape index (κ2) is 8.44. The number of pyridine rings is 1. The van der Waals surface area contributed by atoms with Crippen LogP contribution in [0.25, 0.3) is 10.9 Å². The molecular formula is C22H25ClN6O. The van der Waals surface area contributed by atoms with Crippen molar-refractivity contribution in [3.05, 3.63) is 52.9 Å². The van der Waals surface area contributed by atoms with Gasteiger partial charge in [0.05, 0.1) is 17.8 Å². The maximum Gasteiger partial charge on any atom is 0.217 e. The molecule has 4 rings (SSSR count). The Kier molecular flexibility index (Phi) is 5.72. The molecule has 1 amide bonds. The van der Waals surface area contributed by atoms with E-state index >= 15 is 0 Å². The third-order valence-electron chi connectivity index (χ3n) is 5.30. The van der Waals surface area contributed by atoms with Crippen molar-refractivity contribution >= 4 is 40.0 Å². The zero-order valence-electron chi connectivity index (χ0n) is 17.3. The van der Waals surface area contributed by atoms with Gasteiger partial charge in [0.1, 0.15) is 17.5 Å². The average molecular weight is 425 g/mol. The summed E-state index contributed by atoms with van der Waals surface area (Å²) < 4.78 is 0. The summed E-state index contributed by atoms with van der Waals surface area (Å²) in [6.45, 7) is 7.09. The Morgan fingerprint density at radius 1 is 1.30 bits per heavy atom. The molecule has 1 fully saturated rings. The van der Waals surface area contributed by atoms with Gasteiger partial charge in [-0.05, 0) is 44.0 Å². The number of benzene rings is 1. The van der Waals surface area contributed by atoms with E-state index in [2.05, 4.69) is 37.4 Å². The quantitative estimate of drug-likeness (QED) is 0.646. The van der Waals surface area contributed by atoms with Crippen LogP contribution in [0.3, 0.4) is 0 Å². The maximum absolute atomic E-state index is 11.4. The van der Waals surface area contributed by atoms with Gasteiger partial charge in [0, 0.05) is 36.5 Å². The number of anilines is 2. The average Bonchev–Trinajstić information content (AvgIpc) is 3.15. The number of halogens is 1. The fraction of sp³-hybridized carbons (Fsp3) is 0.364. The lowest BCUT2D eigenvalue weighted by Gasteiger charge is -2.20. The van der Waals surface area contributed by atoms with Crippen molar-refractivity contribution in [3.63, 3.8) is 0 Å². The summed E-state index contributed by atoms with van der Waals surface area (Å²) in [5.41, 5.74) is 1.88. The molecule has 3 heterocycles. The molecular weight excluding hydrogens is 400 g/mol. The van der Waals surface area contributed by atoms with Crippen LogP contribution in [-0.4, -0.2) is 40.0 Å². The number of nitrogens with zero attached hydrogens (tertiary/aromatic N) is 4. The van der Waals surface area contributed by atoms with Crippen LogP contribution in [0.2, 0.25) is 5.02 Å². The highest BCUT2D eigenvalue weighted by atomic mass is 35.5. The monoisotopic (exact) mass is 424 g/mol. The van der Waals surface area contributed by atoms with Crippen molar-refractivity contribution in [2.45, 2.75) is 39.3 Å². The third kappa shape index (κ3) is 4.46. The summed E-state index contributed by atoms with van der Waals surface area (Å²) >= 11 is 6.16. The first kappa shape index (κ1) is 20.3. The normalized spacial score (nSPS) is 17.2. The largest absolute Gasteiger partial charge is 0.363 e. The first-order valence-corrected chi connectivity index (χ1v) is 10.5. The number of amides is 1. The van der Waals surface area contributed by atoms with Gasteiger partial charge in [-0.3, -0.25) is 4.79 Å². The summed E-state index contributed by atoms with van der Waals surface area (Å²) in [6, 6.07) is 10.00. The molecule has 0 aliphatic carbocycles. The van der Waals surface area contributed by atoms with Crippen LogP contribution in [0, 0.1) is 6.92 Å². The zero-order valence-corrected chi connectivity index (χ0v) is 18.1. The van der Waals surface area contributed by atoms with Gasteiger partial charge < -0.3 is 15.5 Å². The standard InChI is InChI=1S/C22H25ClN6O/c1-13(16-5-4-6-17(23)9-16)25-22-19-10-21(24-11-20(19)26-14(2)27-22)29-8-7-18(12-29)28-15(3)30/h4-6,9-11,13,18H,7-8,12H2,1-3H3,(H,28,30)(H,25,26,27)/t13?,18-/m1/s1. The molecule has 3 aromatic rings. The number of nitrogens with one attached hydrogen (secondary N) is 2. The minimum atomic E-state index is -0.00122. The van der Waals surface area contributed by atoms with Crippen LogP contribution in [-0.2, 0) is 4.79 Å². The molecule has 2 aromatic heterocycles. The molecule has 0 spiro atoms. The number of aryl methyl sites for hydroxylation is 1. The Labute approximate surface area is 180 Å². The van der Waals surface area contributed by atoms with E-state index < -0.39 is 0 Å². The number of aromatic nitrogens is 3. The molecule has 0 radical (unpaired) electrons. The van der Waals surface area contributed by atoms with E-state index in [-0.39, 0.29) is 18.0 Å². The van der Waals surface area contributed by atoms with Crippen molar-refractivity contribution < 1.29 is 4.79 Å². The van der Waals surface area contributed by atoms with Crippen LogP contribution >= 0.6 is 11.6 Å². The molecule has 1 saturated heterocycles. The first-order chi connectivity index (χ1) is 14.4. The predicted molar refractivity (Wildman–Crippen MR) is 120 cm³/mol. The topological polar surface area (TPSA) is 83.0 Å². The van der Waals surface area contributed by atoms with Gasteiger partial charge in [-0.2, -0.15) is 0 Å². The van der Waals surface area contributed by atoms with Crippen LogP contribution in [0.4, 0.5) is 11.6 Å². The Hall–Kier alpha value is -2.93. The fourth-order valence-corrected chi connectivity index (χ4v) is 4.06. The van der Waals surface area contributed by atoms with Crippen molar-refractivity contribution in [2.75, 3.05) is 23.3 Å². The Morgan fingerprint density at radius 2 is 2.13 bits per heavy atom. The van der Waals surface area contributed by atoms with Crippen LogP contribution in [0.5, 0.6) is 0 Å². The molecule has 30 heavy (non-hydrogen) atoms. The van der Waals surface area contributed by atoms with Crippen LogP contribution in [0.1, 0.15) is 37.7 Å². The highest BCUT2D eigenvalue weighted by molar-refractivity contribution is 6.30. The van der Waals surface area contributed by atoms with Gasteiger partial charge in [-0.25, -0.2) is 15.0 Å². The molecule has 1 aliphatic rings. The van der Waals surface area contributed by atoms with E-state index in [0.717, 1.165) is 47.6 Å². The van der Waals surface area contributed by atoms with E-state index in [0.29, 0.717) is 10.8 Å². The Morgan fingerprint density at radius 3 is 2.90 bits per heavy atom. The number of rotatable bonds is 5. The molecule has 2 N–H and O–H groups in total. The summed E-state index contributed by atoms with van der Waals surface area (Å²) in [5.74, 6) is 2.32. The van der Waals surface area contributed by atoms with Crippen molar-refractivity contribution in [3.8, 4) is 0 Å². The van der Waals surface area contributed by atoms with E-state index in [4.69, 9.17) is 11.6 Å². The van der Waals surface area contributed by atoms with Gasteiger partial charge in [-0.1, -0.05) is 23.7 Å². The minimum Gasteiger partial charge on any atom is -0.363 e. The number of hydrogen-bond acceptors (Lipinski definition) is 6. The highest BCUT2D eigenvalue weighted by Crippen LogP contribution is 2.29. The molecule has 2 atom stereocenters. The first-order valence-electron chi connectivity index (χ1n) is 10.1. The van der Waals surface area contributed by atoms with Gasteiger partial charge in [0.2, 0.25) is 5.91 Å². The van der Waals surface area contributed by atoms with Gasteiger partial charge in [0.15, 0.2) is 0 Å². The second-order valence-electron chi connectivity index (χ2n) is 7.73. The molecule has 7 nitrogen and oxygen atoms in total. The molecule has 156 valence electrons. The van der Waals surface area contributed by atoms with Crippen LogP contribution in [0.15, 0.2) is 36.5 Å². The SMILES string of the molecule is CC(=O)N[C@@H]1CCN(c2cc3c(NC(C)c4cccc(Cl)c4)nc(C)nc3cn2)C1. The van der Waals surface area contributed by atoms with Gasteiger partial charge >= 0.3 is 0 Å². The fourth-order valence-electron chi connectivity index (χ4n) is 3.86. The second-order valence-corrected chi connectivity index (χ2v) is 8.17. The third-order valence-corrected chi connectivity index (χ3v) is 5.54. The van der Waals surface area contributed by atoms with Gasteiger partial charge in [-0.15, -0.1) is 0 Å². The minimum absolute atomic E-state index is 0.00122. The van der Waals surface area contributed by atoms with Crippen molar-refractivity contribution in [1.29, 1.82) is 0 Å². The summed E-state index contributed by atoms with van der Waals surface area (Å²) in [7, 11) is 0. The lowest BCUT2D eigenvalue weighted by molar-refractivity contribution is -0.119. The summed E-state index contributed by atoms with van der Waals surface area (Å²) in [5, 5.41) is 8.13. The van der Waals surface area contributed by atoms with Gasteiger partial charge in [0.25, 0.3) is 0 Å². The summed E-state index contributed by atoms with van der Waals surface area (Å²) in [6.07, 6.45) is 2.70. The van der Waals surface area contributed by atoms with Crippen molar-refractivity contribution in [2.24, 2.45) is 0 Å². The van der Waals surface area contributed by atoms with E-state index in [1.807, 2.05) is 37.3 Å². The summed E-state index contributed by atoms with van der Waals surface area (Å²) in [4.78, 5) is 27.3. The number of fused-ring (bicyclic) bond motifs is 1. The number of carbonyl (C=O) groups excluding carboxylic acids is 1.